The molecule has 0 spiro atoms. The second-order valence-electron chi connectivity index (χ2n) is 7.54. The van der Waals surface area contributed by atoms with Gasteiger partial charge in [0.1, 0.15) is 13.2 Å². The normalized spacial score (nSPS) is 16.0. The number of aromatic amines is 1. The minimum absolute atomic E-state index is 0.0322. The molecule has 9 heteroatoms. The number of carbonyl (C=O) groups is 2. The zero-order valence-electron chi connectivity index (χ0n) is 17.0. The number of nitrogens with one attached hydrogen (secondary N) is 1. The van der Waals surface area contributed by atoms with Crippen LogP contribution in [0.15, 0.2) is 54.6 Å². The Bertz CT molecular complexity index is 1110. The molecule has 6 nitrogen and oxygen atoms in total. The zero-order valence-corrected chi connectivity index (χ0v) is 19.3. The van der Waals surface area contributed by atoms with Crippen LogP contribution in [0.5, 0.6) is 0 Å². The van der Waals surface area contributed by atoms with Gasteiger partial charge in [0.15, 0.2) is 0 Å². The molecule has 0 aliphatic carbocycles. The first-order valence-electron chi connectivity index (χ1n) is 10.1. The molecule has 4 rings (SSSR count). The monoisotopic (exact) mass is 494 g/mol. The minimum Gasteiger partial charge on any atom is -0.461 e. The molecule has 1 N–H and O–H groups in total. The molecule has 1 amide bonds. The predicted molar refractivity (Wildman–Crippen MR) is 124 cm³/mol. The van der Waals surface area contributed by atoms with Gasteiger partial charge in [-0.1, -0.05) is 83.3 Å². The summed E-state index contributed by atoms with van der Waals surface area (Å²) in [4.78, 5) is 30.4. The van der Waals surface area contributed by atoms with Crippen LogP contribution in [-0.2, 0) is 27.3 Å². The summed E-state index contributed by atoms with van der Waals surface area (Å²) in [5.74, 6) is -0.426. The highest BCUT2D eigenvalue weighted by molar-refractivity contribution is 6.67. The van der Waals surface area contributed by atoms with Gasteiger partial charge >= 0.3 is 12.1 Å². The summed E-state index contributed by atoms with van der Waals surface area (Å²) in [6, 6.07) is 16.7. The van der Waals surface area contributed by atoms with E-state index < -0.39 is 28.5 Å². The minimum atomic E-state index is -1.72. The highest BCUT2D eigenvalue weighted by atomic mass is 35.6. The van der Waals surface area contributed by atoms with Gasteiger partial charge < -0.3 is 14.5 Å². The van der Waals surface area contributed by atoms with Gasteiger partial charge in [0.25, 0.3) is 0 Å². The molecule has 2 heterocycles. The first kappa shape index (κ1) is 22.8. The highest BCUT2D eigenvalue weighted by Crippen LogP contribution is 2.37. The van der Waals surface area contributed by atoms with E-state index >= 15 is 0 Å². The van der Waals surface area contributed by atoms with E-state index in [1.807, 2.05) is 54.6 Å². The maximum atomic E-state index is 12.8. The number of carbonyl (C=O) groups excluding carboxylic acids is 2. The van der Waals surface area contributed by atoms with Gasteiger partial charge in [0, 0.05) is 23.1 Å². The van der Waals surface area contributed by atoms with Crippen molar-refractivity contribution in [3.05, 3.63) is 71.4 Å². The van der Waals surface area contributed by atoms with Crippen molar-refractivity contribution < 1.29 is 19.1 Å². The lowest BCUT2D eigenvalue weighted by atomic mass is 9.95. The number of H-pyrrole nitrogens is 1. The Morgan fingerprint density at radius 1 is 1.03 bits per heavy atom. The van der Waals surface area contributed by atoms with E-state index in [4.69, 9.17) is 44.3 Å². The van der Waals surface area contributed by atoms with Gasteiger partial charge in [0.2, 0.25) is 3.79 Å². The van der Waals surface area contributed by atoms with Crippen LogP contribution in [0, 0.1) is 0 Å². The predicted octanol–water partition coefficient (Wildman–Crippen LogP) is 5.71. The van der Waals surface area contributed by atoms with Gasteiger partial charge in [-0.05, 0) is 23.6 Å². The van der Waals surface area contributed by atoms with Crippen molar-refractivity contribution in [1.82, 2.24) is 9.88 Å². The molecule has 1 aromatic heterocycles. The van der Waals surface area contributed by atoms with E-state index in [9.17, 15) is 9.59 Å². The van der Waals surface area contributed by atoms with E-state index in [-0.39, 0.29) is 13.0 Å². The van der Waals surface area contributed by atoms with Crippen LogP contribution in [-0.4, -0.2) is 38.9 Å². The molecule has 168 valence electrons. The lowest BCUT2D eigenvalue weighted by Crippen LogP contribution is -2.42. The Morgan fingerprint density at radius 3 is 2.50 bits per heavy atom. The third-order valence-electron chi connectivity index (χ3n) is 5.36. The second-order valence-corrected chi connectivity index (χ2v) is 10.1. The van der Waals surface area contributed by atoms with Crippen molar-refractivity contribution >= 4 is 57.8 Å². The number of benzene rings is 2. The molecule has 0 fully saturated rings. The molecular formula is C23H21Cl3N2O4. The van der Waals surface area contributed by atoms with Crippen molar-refractivity contribution in [2.75, 3.05) is 13.2 Å². The molecule has 2 aromatic carbocycles. The Kier molecular flexibility index (Phi) is 6.84. The molecule has 0 saturated carbocycles. The third kappa shape index (κ3) is 5.31. The maximum absolute atomic E-state index is 12.8. The number of aromatic nitrogens is 1. The van der Waals surface area contributed by atoms with Gasteiger partial charge in [0.05, 0.1) is 12.5 Å². The fraction of sp³-hybridized carbons (Fsp3) is 0.304. The number of para-hydroxylation sites is 1. The fourth-order valence-corrected chi connectivity index (χ4v) is 4.09. The summed E-state index contributed by atoms with van der Waals surface area (Å²) in [6.07, 6.45) is -0.0747. The molecular weight excluding hydrogens is 475 g/mol. The number of rotatable bonds is 5. The highest BCUT2D eigenvalue weighted by Gasteiger charge is 2.37. The molecule has 1 aliphatic rings. The average molecular weight is 496 g/mol. The summed E-state index contributed by atoms with van der Waals surface area (Å²) < 4.78 is 8.95. The number of fused-ring (bicyclic) bond motifs is 3. The quantitative estimate of drug-likeness (QED) is 0.364. The van der Waals surface area contributed by atoms with E-state index in [0.29, 0.717) is 13.0 Å². The van der Waals surface area contributed by atoms with E-state index in [2.05, 4.69) is 4.98 Å². The summed E-state index contributed by atoms with van der Waals surface area (Å²) in [6.45, 7) is 0.131. The van der Waals surface area contributed by atoms with Crippen LogP contribution in [0.4, 0.5) is 4.79 Å². The maximum Gasteiger partial charge on any atom is 0.410 e. The molecule has 0 radical (unpaired) electrons. The number of hydrogen-bond acceptors (Lipinski definition) is 4. The van der Waals surface area contributed by atoms with Crippen LogP contribution in [0.3, 0.4) is 0 Å². The van der Waals surface area contributed by atoms with Crippen molar-refractivity contribution in [3.8, 4) is 0 Å². The SMILES string of the molecule is O=C(C[C@H]1c2[nH]c3ccccc3c2CCN1C(=O)OCC(Cl)(Cl)Cl)OCc1ccccc1. The van der Waals surface area contributed by atoms with Gasteiger partial charge in [-0.25, -0.2) is 4.79 Å². The van der Waals surface area contributed by atoms with E-state index in [1.54, 1.807) is 0 Å². The summed E-state index contributed by atoms with van der Waals surface area (Å²) in [5.41, 5.74) is 3.69. The number of hydrogen-bond donors (Lipinski definition) is 1. The smallest absolute Gasteiger partial charge is 0.410 e. The second kappa shape index (κ2) is 9.61. The number of halogens is 3. The zero-order chi connectivity index (χ0) is 22.7. The lowest BCUT2D eigenvalue weighted by Gasteiger charge is -2.34. The number of amides is 1. The number of alkyl halides is 3. The van der Waals surface area contributed by atoms with Crippen LogP contribution < -0.4 is 0 Å². The molecule has 1 aliphatic heterocycles. The van der Waals surface area contributed by atoms with Gasteiger partial charge in [-0.15, -0.1) is 0 Å². The standard InChI is InChI=1S/C23H21Cl3N2O4/c24-23(25,26)14-32-22(30)28-11-10-17-16-8-4-5-9-18(16)27-21(17)19(28)12-20(29)31-13-15-6-2-1-3-7-15/h1-9,19,27H,10-14H2/t19-/m0/s1. The first-order chi connectivity index (χ1) is 15.3. The molecule has 0 bridgehead atoms. The number of ether oxygens (including phenoxy) is 2. The van der Waals surface area contributed by atoms with Crippen molar-refractivity contribution in [1.29, 1.82) is 0 Å². The average Bonchev–Trinajstić information content (AvgIpc) is 3.16. The molecule has 0 unspecified atom stereocenters. The van der Waals surface area contributed by atoms with Crippen molar-refractivity contribution in [3.63, 3.8) is 0 Å². The molecule has 0 saturated heterocycles. The summed E-state index contributed by atoms with van der Waals surface area (Å²) in [5, 5.41) is 1.07. The Morgan fingerprint density at radius 2 is 1.75 bits per heavy atom. The van der Waals surface area contributed by atoms with Gasteiger partial charge in [-0.2, -0.15) is 0 Å². The molecule has 1 atom stereocenters. The Balaban J connectivity index is 1.56. The first-order valence-corrected chi connectivity index (χ1v) is 11.2. The number of esters is 1. The third-order valence-corrected chi connectivity index (χ3v) is 5.68. The Hall–Kier alpha value is -2.41. The van der Waals surface area contributed by atoms with Crippen molar-refractivity contribution in [2.24, 2.45) is 0 Å². The van der Waals surface area contributed by atoms with E-state index in [0.717, 1.165) is 27.7 Å². The summed E-state index contributed by atoms with van der Waals surface area (Å²) >= 11 is 17.2. The molecule has 32 heavy (non-hydrogen) atoms. The van der Waals surface area contributed by atoms with Crippen LogP contribution >= 0.6 is 34.8 Å². The van der Waals surface area contributed by atoms with E-state index in [1.165, 1.54) is 4.90 Å². The fourth-order valence-electron chi connectivity index (χ4n) is 3.93. The largest absolute Gasteiger partial charge is 0.461 e. The van der Waals surface area contributed by atoms with Crippen LogP contribution in [0.1, 0.15) is 29.3 Å². The summed E-state index contributed by atoms with van der Waals surface area (Å²) in [7, 11) is 0. The van der Waals surface area contributed by atoms with Crippen LogP contribution in [0.25, 0.3) is 10.9 Å². The van der Waals surface area contributed by atoms with Gasteiger partial charge in [-0.3, -0.25) is 9.69 Å². The topological polar surface area (TPSA) is 71.6 Å². The Labute approximate surface area is 200 Å². The van der Waals surface area contributed by atoms with Crippen LogP contribution in [0.2, 0.25) is 0 Å². The molecule has 3 aromatic rings. The van der Waals surface area contributed by atoms with Crippen molar-refractivity contribution in [2.45, 2.75) is 29.3 Å². The number of nitrogens with zero attached hydrogens (tertiary/aromatic N) is 1. The lowest BCUT2D eigenvalue weighted by molar-refractivity contribution is -0.146.